The average Bonchev–Trinajstić information content (AvgIpc) is 2.44. The second-order valence-electron chi connectivity index (χ2n) is 8.45. The van der Waals surface area contributed by atoms with Gasteiger partial charge in [0.15, 0.2) is 0 Å². The molecule has 0 saturated heterocycles. The maximum Gasteiger partial charge on any atom is 0.123 e. The summed E-state index contributed by atoms with van der Waals surface area (Å²) in [5, 5.41) is 10.8. The molecule has 0 aliphatic heterocycles. The molecule has 0 heterocycles. The second-order valence-corrected chi connectivity index (χ2v) is 8.45. The fraction of sp³-hybridized carbons (Fsp3) is 0.455. The molecule has 123 valence electrons. The van der Waals surface area contributed by atoms with Gasteiger partial charge in [-0.2, -0.15) is 0 Å². The van der Waals surface area contributed by atoms with E-state index < -0.39 is 0 Å². The monoisotopic (exact) mass is 309 g/mol. The molecule has 0 unspecified atom stereocenters. The molecule has 0 saturated carbocycles. The van der Waals surface area contributed by atoms with Crippen LogP contribution in [0, 0.1) is 6.07 Å². The van der Waals surface area contributed by atoms with Crippen LogP contribution in [-0.2, 0) is 23.7 Å². The van der Waals surface area contributed by atoms with Crippen molar-refractivity contribution in [2.75, 3.05) is 0 Å². The molecule has 2 rings (SSSR count). The minimum atomic E-state index is -0.0677. The summed E-state index contributed by atoms with van der Waals surface area (Å²) in [5.74, 6) is 0.461. The van der Waals surface area contributed by atoms with Crippen molar-refractivity contribution in [3.05, 3.63) is 64.7 Å². The average molecular weight is 309 g/mol. The lowest BCUT2D eigenvalue weighted by atomic mass is 9.78. The standard InChI is InChI=1S/C22H29O/c1-21(2,3)18-14-17(13-12-16-10-8-7-9-11-16)15-19(20(18)23)22(4,5)6/h8-11,14-15,23H,12-13H2,1-6H3. The maximum atomic E-state index is 10.8. The van der Waals surface area contributed by atoms with Crippen LogP contribution in [0.3, 0.4) is 0 Å². The van der Waals surface area contributed by atoms with E-state index in [2.05, 4.69) is 71.9 Å². The smallest absolute Gasteiger partial charge is 0.123 e. The predicted octanol–water partition coefficient (Wildman–Crippen LogP) is 5.57. The number of hydrogen-bond acceptors (Lipinski definition) is 1. The second kappa shape index (κ2) is 6.39. The summed E-state index contributed by atoms with van der Waals surface area (Å²) in [6, 6.07) is 15.6. The lowest BCUT2D eigenvalue weighted by molar-refractivity contribution is 0.422. The summed E-state index contributed by atoms with van der Waals surface area (Å²) in [4.78, 5) is 0. The summed E-state index contributed by atoms with van der Waals surface area (Å²) >= 11 is 0. The summed E-state index contributed by atoms with van der Waals surface area (Å²) in [7, 11) is 0. The molecule has 0 amide bonds. The van der Waals surface area contributed by atoms with Crippen molar-refractivity contribution in [3.8, 4) is 5.75 Å². The minimum Gasteiger partial charge on any atom is -0.507 e. The van der Waals surface area contributed by atoms with Crippen LogP contribution in [0.15, 0.2) is 36.4 Å². The Balaban J connectivity index is 2.40. The third-order valence-corrected chi connectivity index (χ3v) is 4.28. The molecule has 1 radical (unpaired) electrons. The molecule has 0 spiro atoms. The third kappa shape index (κ3) is 4.37. The molecule has 0 aliphatic carbocycles. The fourth-order valence-corrected chi connectivity index (χ4v) is 2.86. The molecule has 0 atom stereocenters. The van der Waals surface area contributed by atoms with Crippen LogP contribution in [0.1, 0.15) is 63.8 Å². The first-order valence-electron chi connectivity index (χ1n) is 8.41. The Morgan fingerprint density at radius 1 is 0.783 bits per heavy atom. The fourth-order valence-electron chi connectivity index (χ4n) is 2.86. The Morgan fingerprint density at radius 2 is 1.22 bits per heavy atom. The van der Waals surface area contributed by atoms with Gasteiger partial charge in [-0.05, 0) is 52.0 Å². The highest BCUT2D eigenvalue weighted by Gasteiger charge is 2.26. The first-order chi connectivity index (χ1) is 10.6. The summed E-state index contributed by atoms with van der Waals surface area (Å²) in [6.07, 6.45) is 1.99. The van der Waals surface area contributed by atoms with Crippen LogP contribution in [0.2, 0.25) is 0 Å². The van der Waals surface area contributed by atoms with Crippen LogP contribution >= 0.6 is 0 Å². The number of aryl methyl sites for hydroxylation is 2. The van der Waals surface area contributed by atoms with Crippen LogP contribution in [0.5, 0.6) is 5.75 Å². The molecule has 1 heteroatoms. The Morgan fingerprint density at radius 3 is 1.65 bits per heavy atom. The molecule has 1 nitrogen and oxygen atoms in total. The maximum absolute atomic E-state index is 10.8. The van der Waals surface area contributed by atoms with Crippen molar-refractivity contribution in [1.82, 2.24) is 0 Å². The molecule has 0 aromatic heterocycles. The van der Waals surface area contributed by atoms with E-state index in [-0.39, 0.29) is 10.8 Å². The number of rotatable bonds is 3. The highest BCUT2D eigenvalue weighted by Crippen LogP contribution is 2.39. The van der Waals surface area contributed by atoms with Gasteiger partial charge >= 0.3 is 0 Å². The van der Waals surface area contributed by atoms with Gasteiger partial charge in [0.05, 0.1) is 0 Å². The number of phenolic OH excluding ortho intramolecular Hbond substituents is 1. The van der Waals surface area contributed by atoms with Crippen molar-refractivity contribution >= 4 is 0 Å². The quantitative estimate of drug-likeness (QED) is 0.785. The number of hydrogen-bond donors (Lipinski definition) is 1. The largest absolute Gasteiger partial charge is 0.507 e. The molecule has 1 N–H and O–H groups in total. The summed E-state index contributed by atoms with van der Waals surface area (Å²) in [5.41, 5.74) is 4.57. The molecule has 0 bridgehead atoms. The zero-order chi connectivity index (χ0) is 17.3. The normalized spacial score (nSPS) is 12.4. The number of benzene rings is 2. The topological polar surface area (TPSA) is 20.2 Å². The van der Waals surface area contributed by atoms with Gasteiger partial charge in [-0.3, -0.25) is 0 Å². The van der Waals surface area contributed by atoms with Gasteiger partial charge in [0.1, 0.15) is 5.75 Å². The zero-order valence-electron chi connectivity index (χ0n) is 15.3. The van der Waals surface area contributed by atoms with Gasteiger partial charge in [-0.1, -0.05) is 77.9 Å². The highest BCUT2D eigenvalue weighted by atomic mass is 16.3. The predicted molar refractivity (Wildman–Crippen MR) is 98.2 cm³/mol. The van der Waals surface area contributed by atoms with E-state index in [1.807, 2.05) is 12.1 Å². The lowest BCUT2D eigenvalue weighted by Crippen LogP contribution is -2.18. The highest BCUT2D eigenvalue weighted by molar-refractivity contribution is 5.50. The molecule has 2 aromatic rings. The van der Waals surface area contributed by atoms with E-state index in [0.717, 1.165) is 24.0 Å². The van der Waals surface area contributed by atoms with E-state index in [4.69, 9.17) is 0 Å². The van der Waals surface area contributed by atoms with Gasteiger partial charge in [-0.25, -0.2) is 0 Å². The van der Waals surface area contributed by atoms with Gasteiger partial charge in [-0.15, -0.1) is 0 Å². The van der Waals surface area contributed by atoms with E-state index >= 15 is 0 Å². The van der Waals surface area contributed by atoms with Crippen LogP contribution in [-0.4, -0.2) is 5.11 Å². The third-order valence-electron chi connectivity index (χ3n) is 4.28. The number of aromatic hydroxyl groups is 1. The Labute approximate surface area is 141 Å². The minimum absolute atomic E-state index is 0.0677. The van der Waals surface area contributed by atoms with E-state index in [0.29, 0.717) is 5.75 Å². The van der Waals surface area contributed by atoms with Gasteiger partial charge < -0.3 is 5.11 Å². The first-order valence-corrected chi connectivity index (χ1v) is 8.41. The Bertz CT molecular complexity index is 620. The van der Waals surface area contributed by atoms with Gasteiger partial charge in [0.2, 0.25) is 0 Å². The van der Waals surface area contributed by atoms with Crippen molar-refractivity contribution in [2.45, 2.75) is 65.2 Å². The van der Waals surface area contributed by atoms with Crippen molar-refractivity contribution in [3.63, 3.8) is 0 Å². The van der Waals surface area contributed by atoms with E-state index in [1.165, 1.54) is 11.1 Å². The van der Waals surface area contributed by atoms with Crippen molar-refractivity contribution < 1.29 is 5.11 Å². The number of phenols is 1. The Hall–Kier alpha value is -1.76. The van der Waals surface area contributed by atoms with Crippen molar-refractivity contribution in [1.29, 1.82) is 0 Å². The Kier molecular flexibility index (Phi) is 4.89. The van der Waals surface area contributed by atoms with Crippen LogP contribution in [0.25, 0.3) is 0 Å². The molecule has 0 fully saturated rings. The molecule has 23 heavy (non-hydrogen) atoms. The van der Waals surface area contributed by atoms with E-state index in [9.17, 15) is 5.11 Å². The SMILES string of the molecule is CC(C)(C)c1cc(CCc2cc[c]cc2)cc(C(C)(C)C)c1O. The van der Waals surface area contributed by atoms with Crippen LogP contribution < -0.4 is 0 Å². The molecular formula is C22H29O. The first kappa shape index (κ1) is 17.6. The van der Waals surface area contributed by atoms with Crippen LogP contribution in [0.4, 0.5) is 0 Å². The molecule has 0 aliphatic rings. The summed E-state index contributed by atoms with van der Waals surface area (Å²) < 4.78 is 0. The zero-order valence-corrected chi connectivity index (χ0v) is 15.3. The molecular weight excluding hydrogens is 280 g/mol. The van der Waals surface area contributed by atoms with E-state index in [1.54, 1.807) is 0 Å². The summed E-state index contributed by atoms with van der Waals surface area (Å²) in [6.45, 7) is 12.9. The van der Waals surface area contributed by atoms with Crippen molar-refractivity contribution in [2.24, 2.45) is 0 Å². The van der Waals surface area contributed by atoms with Gasteiger partial charge in [0, 0.05) is 0 Å². The van der Waals surface area contributed by atoms with Gasteiger partial charge in [0.25, 0.3) is 0 Å². The lowest BCUT2D eigenvalue weighted by Gasteiger charge is -2.28. The molecule has 2 aromatic carbocycles.